The number of carboxylic acid groups (broad SMARTS) is 1. The summed E-state index contributed by atoms with van der Waals surface area (Å²) in [4.78, 5) is 39.9. The maximum Gasteiger partial charge on any atom is 0.328 e. The van der Waals surface area contributed by atoms with Crippen LogP contribution in [0.25, 0.3) is 0 Å². The molecule has 0 saturated carbocycles. The maximum atomic E-state index is 11.9. The summed E-state index contributed by atoms with van der Waals surface area (Å²) in [5, 5.41) is 19.8. The van der Waals surface area contributed by atoms with Crippen molar-refractivity contribution < 1.29 is 24.6 Å². The van der Waals surface area contributed by atoms with E-state index in [0.717, 1.165) is 0 Å². The van der Waals surface area contributed by atoms with Crippen molar-refractivity contribution in [3.8, 4) is 0 Å². The van der Waals surface area contributed by atoms with E-state index in [1.54, 1.807) is 0 Å². The normalized spacial score (nSPS) is 17.2. The number of amidine groups is 1. The van der Waals surface area contributed by atoms with Gasteiger partial charge in [0, 0.05) is 19.4 Å². The van der Waals surface area contributed by atoms with E-state index in [1.165, 1.54) is 4.90 Å². The molecule has 8 heteroatoms. The van der Waals surface area contributed by atoms with Crippen molar-refractivity contribution in [3.63, 3.8) is 0 Å². The van der Waals surface area contributed by atoms with Crippen LogP contribution in [0, 0.1) is 0 Å². The standard InChI is InChI=1S/C12H19N3O5/c1-2-9-13-5-3-4-11(18)15(9)6-10(17)14-8(7-16)12(19)20/h8,16H,2-7H2,1H3,(H,14,17)(H,19,20). The first-order valence-corrected chi connectivity index (χ1v) is 6.46. The van der Waals surface area contributed by atoms with E-state index in [0.29, 0.717) is 31.6 Å². The lowest BCUT2D eigenvalue weighted by Gasteiger charge is -2.22. The fourth-order valence-corrected chi connectivity index (χ4v) is 1.85. The van der Waals surface area contributed by atoms with Gasteiger partial charge in [0.2, 0.25) is 11.8 Å². The lowest BCUT2D eigenvalue weighted by molar-refractivity contribution is -0.143. The average Bonchev–Trinajstić information content (AvgIpc) is 2.58. The molecule has 0 saturated heterocycles. The number of amides is 2. The first-order valence-electron chi connectivity index (χ1n) is 6.46. The van der Waals surface area contributed by atoms with Gasteiger partial charge in [0.15, 0.2) is 0 Å². The molecule has 8 nitrogen and oxygen atoms in total. The van der Waals surface area contributed by atoms with Gasteiger partial charge in [0.05, 0.1) is 6.61 Å². The molecule has 20 heavy (non-hydrogen) atoms. The van der Waals surface area contributed by atoms with Crippen LogP contribution in [0.2, 0.25) is 0 Å². The van der Waals surface area contributed by atoms with Gasteiger partial charge in [0.1, 0.15) is 18.4 Å². The zero-order valence-corrected chi connectivity index (χ0v) is 11.3. The maximum absolute atomic E-state index is 11.9. The second-order valence-corrected chi connectivity index (χ2v) is 4.38. The van der Waals surface area contributed by atoms with Gasteiger partial charge >= 0.3 is 5.97 Å². The number of aliphatic carboxylic acids is 1. The van der Waals surface area contributed by atoms with Gasteiger partial charge in [-0.3, -0.25) is 19.5 Å². The molecule has 0 aromatic heterocycles. The Hall–Kier alpha value is -1.96. The second-order valence-electron chi connectivity index (χ2n) is 4.38. The summed E-state index contributed by atoms with van der Waals surface area (Å²) < 4.78 is 0. The molecule has 1 aliphatic rings. The molecule has 1 aliphatic heterocycles. The summed E-state index contributed by atoms with van der Waals surface area (Å²) in [5.41, 5.74) is 0. The Morgan fingerprint density at radius 2 is 2.20 bits per heavy atom. The van der Waals surface area contributed by atoms with Gasteiger partial charge < -0.3 is 15.5 Å². The number of nitrogens with zero attached hydrogens (tertiary/aromatic N) is 2. The van der Waals surface area contributed by atoms with Gasteiger partial charge in [-0.2, -0.15) is 0 Å². The van der Waals surface area contributed by atoms with Crippen LogP contribution in [-0.4, -0.2) is 64.5 Å². The molecule has 0 aromatic carbocycles. The van der Waals surface area contributed by atoms with E-state index in [9.17, 15) is 14.4 Å². The molecule has 112 valence electrons. The minimum Gasteiger partial charge on any atom is -0.480 e. The number of carboxylic acids is 1. The summed E-state index contributed by atoms with van der Waals surface area (Å²) in [6.45, 7) is 1.39. The lowest BCUT2D eigenvalue weighted by atomic mass is 10.2. The van der Waals surface area contributed by atoms with E-state index >= 15 is 0 Å². The van der Waals surface area contributed by atoms with Gasteiger partial charge in [-0.15, -0.1) is 0 Å². The van der Waals surface area contributed by atoms with Crippen LogP contribution in [0.3, 0.4) is 0 Å². The summed E-state index contributed by atoms with van der Waals surface area (Å²) in [7, 11) is 0. The number of rotatable bonds is 6. The quantitative estimate of drug-likeness (QED) is 0.577. The SMILES string of the molecule is CCC1=NCCCC(=O)N1CC(=O)NC(CO)C(=O)O. The van der Waals surface area contributed by atoms with E-state index < -0.39 is 24.5 Å². The van der Waals surface area contributed by atoms with E-state index in [1.807, 2.05) is 6.92 Å². The molecule has 3 N–H and O–H groups in total. The van der Waals surface area contributed by atoms with Gasteiger partial charge in [0.25, 0.3) is 0 Å². The Labute approximate surface area is 116 Å². The summed E-state index contributed by atoms with van der Waals surface area (Å²) in [5.74, 6) is -1.64. The van der Waals surface area contributed by atoms with Crippen molar-refractivity contribution in [2.24, 2.45) is 4.99 Å². The Kier molecular flexibility index (Phi) is 6.10. The van der Waals surface area contributed by atoms with Crippen molar-refractivity contribution in [1.82, 2.24) is 10.2 Å². The molecule has 0 bridgehead atoms. The van der Waals surface area contributed by atoms with Crippen LogP contribution < -0.4 is 5.32 Å². The zero-order valence-electron chi connectivity index (χ0n) is 11.3. The van der Waals surface area contributed by atoms with Crippen molar-refractivity contribution >= 4 is 23.6 Å². The number of carbonyl (C=O) groups is 3. The molecule has 1 rings (SSSR count). The molecule has 2 amide bonds. The van der Waals surface area contributed by atoms with Crippen LogP contribution in [0.1, 0.15) is 26.2 Å². The van der Waals surface area contributed by atoms with Crippen LogP contribution in [0.15, 0.2) is 4.99 Å². The summed E-state index contributed by atoms with van der Waals surface area (Å²) >= 11 is 0. The van der Waals surface area contributed by atoms with E-state index in [-0.39, 0.29) is 12.5 Å². The first-order chi connectivity index (χ1) is 9.49. The van der Waals surface area contributed by atoms with Gasteiger partial charge in [-0.25, -0.2) is 4.79 Å². The number of hydrogen-bond acceptors (Lipinski definition) is 5. The van der Waals surface area contributed by atoms with Crippen molar-refractivity contribution in [3.05, 3.63) is 0 Å². The number of aliphatic imine (C=N–C) groups is 1. The fourth-order valence-electron chi connectivity index (χ4n) is 1.85. The third-order valence-electron chi connectivity index (χ3n) is 2.89. The van der Waals surface area contributed by atoms with E-state index in [4.69, 9.17) is 10.2 Å². The predicted molar refractivity (Wildman–Crippen MR) is 70.2 cm³/mol. The monoisotopic (exact) mass is 285 g/mol. The predicted octanol–water partition coefficient (Wildman–Crippen LogP) is -1.02. The van der Waals surface area contributed by atoms with Gasteiger partial charge in [-0.1, -0.05) is 6.92 Å². The Morgan fingerprint density at radius 3 is 2.75 bits per heavy atom. The molecule has 1 atom stereocenters. The molecule has 1 heterocycles. The molecule has 0 radical (unpaired) electrons. The van der Waals surface area contributed by atoms with Crippen LogP contribution in [0.5, 0.6) is 0 Å². The molecular formula is C12H19N3O5. The number of aliphatic hydroxyl groups is 1. The molecule has 0 aromatic rings. The highest BCUT2D eigenvalue weighted by Gasteiger charge is 2.25. The summed E-state index contributed by atoms with van der Waals surface area (Å²) in [6, 6.07) is -1.37. The topological polar surface area (TPSA) is 119 Å². The average molecular weight is 285 g/mol. The first kappa shape index (κ1) is 16.1. The molecule has 0 aliphatic carbocycles. The summed E-state index contributed by atoms with van der Waals surface area (Å²) in [6.07, 6.45) is 1.46. The number of nitrogens with one attached hydrogen (secondary N) is 1. The Balaban J connectivity index is 2.70. The lowest BCUT2D eigenvalue weighted by Crippen LogP contribution is -2.49. The number of hydrogen-bond donors (Lipinski definition) is 3. The van der Waals surface area contributed by atoms with Crippen LogP contribution in [-0.2, 0) is 14.4 Å². The number of aliphatic hydroxyl groups excluding tert-OH is 1. The Morgan fingerprint density at radius 1 is 1.50 bits per heavy atom. The van der Waals surface area contributed by atoms with Crippen LogP contribution in [0.4, 0.5) is 0 Å². The minimum absolute atomic E-state index is 0.200. The largest absolute Gasteiger partial charge is 0.480 e. The van der Waals surface area contributed by atoms with E-state index in [2.05, 4.69) is 10.3 Å². The number of carbonyl (C=O) groups excluding carboxylic acids is 2. The molecule has 0 spiro atoms. The molecule has 0 fully saturated rings. The molecular weight excluding hydrogens is 266 g/mol. The third-order valence-corrected chi connectivity index (χ3v) is 2.89. The fraction of sp³-hybridized carbons (Fsp3) is 0.667. The Bertz CT molecular complexity index is 421. The van der Waals surface area contributed by atoms with Crippen LogP contribution >= 0.6 is 0 Å². The van der Waals surface area contributed by atoms with Gasteiger partial charge in [-0.05, 0) is 6.42 Å². The smallest absolute Gasteiger partial charge is 0.328 e. The highest BCUT2D eigenvalue weighted by Crippen LogP contribution is 2.08. The van der Waals surface area contributed by atoms with Crippen molar-refractivity contribution in [2.75, 3.05) is 19.7 Å². The highest BCUT2D eigenvalue weighted by molar-refractivity contribution is 6.02. The second kappa shape index (κ2) is 7.59. The zero-order chi connectivity index (χ0) is 15.1. The minimum atomic E-state index is -1.37. The van der Waals surface area contributed by atoms with Crippen molar-refractivity contribution in [1.29, 1.82) is 0 Å². The van der Waals surface area contributed by atoms with Crippen molar-refractivity contribution in [2.45, 2.75) is 32.2 Å². The molecule has 1 unspecified atom stereocenters. The third kappa shape index (κ3) is 4.30. The highest BCUT2D eigenvalue weighted by atomic mass is 16.4.